The first-order valence-corrected chi connectivity index (χ1v) is 9.41. The fraction of sp³-hybridized carbons (Fsp3) is 0.0870. The number of nitrogens with one attached hydrogen (secondary N) is 3. The molecule has 0 bridgehead atoms. The van der Waals surface area contributed by atoms with E-state index in [0.717, 1.165) is 41.4 Å². The van der Waals surface area contributed by atoms with Crippen molar-refractivity contribution in [3.05, 3.63) is 90.4 Å². The Hall–Kier alpha value is -3.93. The van der Waals surface area contributed by atoms with Crippen molar-refractivity contribution in [2.24, 2.45) is 4.99 Å². The van der Waals surface area contributed by atoms with Crippen LogP contribution in [0, 0.1) is 0 Å². The number of carbonyl (C=O) groups is 1. The van der Waals surface area contributed by atoms with Gasteiger partial charge in [0.15, 0.2) is 0 Å². The third kappa shape index (κ3) is 5.07. The van der Waals surface area contributed by atoms with Crippen molar-refractivity contribution < 1.29 is 4.79 Å². The van der Waals surface area contributed by atoms with Gasteiger partial charge >= 0.3 is 0 Å². The van der Waals surface area contributed by atoms with Crippen LogP contribution in [0.4, 0.5) is 22.7 Å². The summed E-state index contributed by atoms with van der Waals surface area (Å²) in [5.41, 5.74) is 5.22. The Morgan fingerprint density at radius 2 is 1.59 bits per heavy atom. The number of hydrogen-bond donors (Lipinski definition) is 3. The zero-order valence-corrected chi connectivity index (χ0v) is 15.8. The van der Waals surface area contributed by atoms with Crippen LogP contribution in [-0.2, 0) is 0 Å². The zero-order valence-electron chi connectivity index (χ0n) is 15.8. The number of aliphatic imine (C=N–C) groups is 1. The molecule has 0 unspecified atom stereocenters. The average Bonchev–Trinajstić information content (AvgIpc) is 2.76. The van der Waals surface area contributed by atoms with Gasteiger partial charge in [-0.2, -0.15) is 0 Å². The zero-order chi connectivity index (χ0) is 19.9. The number of carbonyl (C=O) groups excluding carboxylic acids is 1. The lowest BCUT2D eigenvalue weighted by Crippen LogP contribution is -2.12. The maximum atomic E-state index is 12.6. The fourth-order valence-electron chi connectivity index (χ4n) is 2.96. The van der Waals surface area contributed by atoms with E-state index in [9.17, 15) is 4.79 Å². The molecule has 0 aliphatic carbocycles. The van der Waals surface area contributed by atoms with E-state index < -0.39 is 0 Å². The smallest absolute Gasteiger partial charge is 0.255 e. The van der Waals surface area contributed by atoms with Crippen molar-refractivity contribution in [3.63, 3.8) is 0 Å². The first-order valence-electron chi connectivity index (χ1n) is 9.41. The van der Waals surface area contributed by atoms with Gasteiger partial charge in [-0.3, -0.25) is 14.8 Å². The van der Waals surface area contributed by atoms with E-state index in [0.29, 0.717) is 5.56 Å². The first kappa shape index (κ1) is 18.4. The molecular weight excluding hydrogens is 362 g/mol. The number of amides is 1. The van der Waals surface area contributed by atoms with Crippen molar-refractivity contribution in [2.45, 2.75) is 6.42 Å². The summed E-state index contributed by atoms with van der Waals surface area (Å²) in [4.78, 5) is 20.8. The minimum Gasteiger partial charge on any atom is -0.359 e. The molecule has 0 fully saturated rings. The maximum absolute atomic E-state index is 12.6. The van der Waals surface area contributed by atoms with Crippen molar-refractivity contribution in [1.29, 1.82) is 0 Å². The molecule has 2 heterocycles. The highest BCUT2D eigenvalue weighted by Gasteiger charge is 2.08. The van der Waals surface area contributed by atoms with Gasteiger partial charge in [0.05, 0.1) is 0 Å². The van der Waals surface area contributed by atoms with E-state index in [-0.39, 0.29) is 5.91 Å². The number of aromatic nitrogens is 1. The Morgan fingerprint density at radius 1 is 0.828 bits per heavy atom. The molecular formula is C23H21N5O. The van der Waals surface area contributed by atoms with Crippen LogP contribution in [0.3, 0.4) is 0 Å². The predicted octanol–water partition coefficient (Wildman–Crippen LogP) is 4.85. The topological polar surface area (TPSA) is 78.4 Å². The summed E-state index contributed by atoms with van der Waals surface area (Å²) >= 11 is 0. The van der Waals surface area contributed by atoms with Crippen molar-refractivity contribution in [3.8, 4) is 0 Å². The van der Waals surface area contributed by atoms with E-state index in [4.69, 9.17) is 0 Å². The lowest BCUT2D eigenvalue weighted by molar-refractivity contribution is 0.102. The van der Waals surface area contributed by atoms with Gasteiger partial charge in [-0.05, 0) is 60.7 Å². The van der Waals surface area contributed by atoms with Crippen LogP contribution in [0.25, 0.3) is 0 Å². The molecule has 3 N–H and O–H groups in total. The van der Waals surface area contributed by atoms with Gasteiger partial charge in [0.25, 0.3) is 5.91 Å². The van der Waals surface area contributed by atoms with E-state index >= 15 is 0 Å². The Kier molecular flexibility index (Phi) is 5.62. The molecule has 0 atom stereocenters. The molecule has 0 saturated heterocycles. The van der Waals surface area contributed by atoms with Crippen LogP contribution in [0.5, 0.6) is 0 Å². The number of dihydropyridines is 1. The molecule has 0 spiro atoms. The minimum atomic E-state index is -0.151. The molecule has 1 aliphatic heterocycles. The van der Waals surface area contributed by atoms with Gasteiger partial charge in [0, 0.05) is 65.6 Å². The third-order valence-corrected chi connectivity index (χ3v) is 4.43. The Labute approximate surface area is 169 Å². The molecule has 4 rings (SSSR count). The molecule has 0 radical (unpaired) electrons. The molecule has 0 saturated carbocycles. The number of rotatable bonds is 6. The fourth-order valence-corrected chi connectivity index (χ4v) is 2.96. The van der Waals surface area contributed by atoms with E-state index in [1.54, 1.807) is 12.4 Å². The summed E-state index contributed by atoms with van der Waals surface area (Å²) < 4.78 is 0. The summed E-state index contributed by atoms with van der Waals surface area (Å²) in [6.45, 7) is 0.800. The molecule has 3 aromatic rings. The second-order valence-corrected chi connectivity index (χ2v) is 6.60. The normalized spacial score (nSPS) is 12.8. The van der Waals surface area contributed by atoms with Crippen LogP contribution >= 0.6 is 0 Å². The highest BCUT2D eigenvalue weighted by atomic mass is 16.1. The second-order valence-electron chi connectivity index (χ2n) is 6.60. The number of anilines is 4. The van der Waals surface area contributed by atoms with Gasteiger partial charge < -0.3 is 16.0 Å². The molecule has 1 aliphatic rings. The van der Waals surface area contributed by atoms with E-state index in [1.807, 2.05) is 73.0 Å². The average molecular weight is 383 g/mol. The Morgan fingerprint density at radius 3 is 2.34 bits per heavy atom. The van der Waals surface area contributed by atoms with Crippen LogP contribution < -0.4 is 16.0 Å². The van der Waals surface area contributed by atoms with Gasteiger partial charge in [-0.1, -0.05) is 6.07 Å². The summed E-state index contributed by atoms with van der Waals surface area (Å²) in [5.74, 6) is -0.151. The SMILES string of the molecule is O=C(Nc1cccc(Nc2ccncc2)c1)c1ccc(NC2=CC=NCC2)cc1. The number of benzene rings is 2. The molecule has 1 amide bonds. The van der Waals surface area contributed by atoms with Gasteiger partial charge in [0.2, 0.25) is 0 Å². The number of allylic oxidation sites excluding steroid dienone is 1. The van der Waals surface area contributed by atoms with Gasteiger partial charge in [-0.25, -0.2) is 0 Å². The standard InChI is InChI=1S/C23H21N5O/c29-23(17-4-6-18(7-5-17)26-19-8-12-24-13-9-19)28-22-3-1-2-21(16-22)27-20-10-14-25-15-11-20/h1-8,10-12,14-16,26H,9,13H2,(H,25,27)(H,28,29). The molecule has 6 heteroatoms. The van der Waals surface area contributed by atoms with Crippen LogP contribution in [-0.4, -0.2) is 23.7 Å². The summed E-state index contributed by atoms with van der Waals surface area (Å²) in [6, 6.07) is 18.8. The van der Waals surface area contributed by atoms with Crippen LogP contribution in [0.1, 0.15) is 16.8 Å². The lowest BCUT2D eigenvalue weighted by atomic mass is 10.1. The molecule has 144 valence electrons. The van der Waals surface area contributed by atoms with E-state index in [2.05, 4.69) is 25.9 Å². The third-order valence-electron chi connectivity index (χ3n) is 4.43. The summed E-state index contributed by atoms with van der Waals surface area (Å²) in [6.07, 6.45) is 8.13. The summed E-state index contributed by atoms with van der Waals surface area (Å²) in [5, 5.41) is 9.59. The van der Waals surface area contributed by atoms with Crippen LogP contribution in [0.2, 0.25) is 0 Å². The molecule has 6 nitrogen and oxygen atoms in total. The monoisotopic (exact) mass is 383 g/mol. The number of pyridine rings is 1. The Bertz CT molecular complexity index is 1040. The van der Waals surface area contributed by atoms with Crippen molar-refractivity contribution >= 4 is 34.9 Å². The minimum absolute atomic E-state index is 0.151. The maximum Gasteiger partial charge on any atom is 0.255 e. The molecule has 29 heavy (non-hydrogen) atoms. The van der Waals surface area contributed by atoms with Crippen LogP contribution in [0.15, 0.2) is 89.8 Å². The lowest BCUT2D eigenvalue weighted by Gasteiger charge is -2.12. The van der Waals surface area contributed by atoms with Crippen molar-refractivity contribution in [2.75, 3.05) is 22.5 Å². The number of nitrogens with zero attached hydrogens (tertiary/aromatic N) is 2. The van der Waals surface area contributed by atoms with Gasteiger partial charge in [0.1, 0.15) is 0 Å². The quantitative estimate of drug-likeness (QED) is 0.569. The molecule has 1 aromatic heterocycles. The highest BCUT2D eigenvalue weighted by molar-refractivity contribution is 6.04. The van der Waals surface area contributed by atoms with Gasteiger partial charge in [-0.15, -0.1) is 0 Å². The first-order chi connectivity index (χ1) is 14.3. The number of hydrogen-bond acceptors (Lipinski definition) is 5. The van der Waals surface area contributed by atoms with E-state index in [1.165, 1.54) is 0 Å². The Balaban J connectivity index is 1.39. The second kappa shape index (κ2) is 8.84. The molecule has 2 aromatic carbocycles. The highest BCUT2D eigenvalue weighted by Crippen LogP contribution is 2.21. The van der Waals surface area contributed by atoms with Crippen molar-refractivity contribution in [1.82, 2.24) is 4.98 Å². The predicted molar refractivity (Wildman–Crippen MR) is 118 cm³/mol. The summed E-state index contributed by atoms with van der Waals surface area (Å²) in [7, 11) is 0. The largest absolute Gasteiger partial charge is 0.359 e.